The Balaban J connectivity index is 3.50. The molecule has 82 valence electrons. The summed E-state index contributed by atoms with van der Waals surface area (Å²) in [5.41, 5.74) is 0. The van der Waals surface area contributed by atoms with Crippen molar-refractivity contribution < 1.29 is 19.4 Å². The predicted octanol–water partition coefficient (Wildman–Crippen LogP) is -1.19. The van der Waals surface area contributed by atoms with Crippen LogP contribution < -0.4 is 10.6 Å². The highest BCUT2D eigenvalue weighted by Gasteiger charge is 2.12. The minimum absolute atomic E-state index is 0.0982. The Kier molecular flexibility index (Phi) is 6.69. The van der Waals surface area contributed by atoms with E-state index in [4.69, 9.17) is 9.84 Å². The van der Waals surface area contributed by atoms with Crippen LogP contribution in [0.15, 0.2) is 0 Å². The Morgan fingerprint density at radius 2 is 2.14 bits per heavy atom. The number of carbonyl (C=O) groups excluding carboxylic acids is 1. The lowest BCUT2D eigenvalue weighted by atomic mass is 10.3. The van der Waals surface area contributed by atoms with Crippen molar-refractivity contribution in [2.45, 2.75) is 13.0 Å². The summed E-state index contributed by atoms with van der Waals surface area (Å²) in [5.74, 6) is -1.38. The molecule has 0 radical (unpaired) electrons. The molecule has 0 bridgehead atoms. The SMILES string of the molecule is COCCNCC(=O)N[C@@H](C)C(=O)O. The molecular weight excluding hydrogens is 188 g/mol. The van der Waals surface area contributed by atoms with Crippen LogP contribution in [-0.2, 0) is 14.3 Å². The van der Waals surface area contributed by atoms with Crippen LogP contribution in [0.2, 0.25) is 0 Å². The molecule has 0 aromatic carbocycles. The molecule has 0 saturated carbocycles. The molecule has 0 aliphatic carbocycles. The van der Waals surface area contributed by atoms with E-state index in [-0.39, 0.29) is 12.5 Å². The Bertz CT molecular complexity index is 196. The quantitative estimate of drug-likeness (QED) is 0.454. The van der Waals surface area contributed by atoms with Crippen LogP contribution in [0.3, 0.4) is 0 Å². The number of amides is 1. The van der Waals surface area contributed by atoms with Gasteiger partial charge in [0.2, 0.25) is 5.91 Å². The van der Waals surface area contributed by atoms with Gasteiger partial charge in [0.15, 0.2) is 0 Å². The Morgan fingerprint density at radius 1 is 1.50 bits per heavy atom. The van der Waals surface area contributed by atoms with Gasteiger partial charge >= 0.3 is 5.97 Å². The van der Waals surface area contributed by atoms with Gasteiger partial charge in [0.25, 0.3) is 0 Å². The van der Waals surface area contributed by atoms with Gasteiger partial charge in [-0.05, 0) is 6.92 Å². The zero-order valence-electron chi connectivity index (χ0n) is 8.37. The van der Waals surface area contributed by atoms with E-state index in [1.807, 2.05) is 0 Å². The molecular formula is C8H16N2O4. The summed E-state index contributed by atoms with van der Waals surface area (Å²) in [6.07, 6.45) is 0. The van der Waals surface area contributed by atoms with Crippen LogP contribution in [0.25, 0.3) is 0 Å². The fourth-order valence-corrected chi connectivity index (χ4v) is 0.730. The van der Waals surface area contributed by atoms with Crippen molar-refractivity contribution in [3.63, 3.8) is 0 Å². The van der Waals surface area contributed by atoms with E-state index in [1.54, 1.807) is 7.11 Å². The first-order valence-corrected chi connectivity index (χ1v) is 4.29. The third-order valence-corrected chi connectivity index (χ3v) is 1.52. The summed E-state index contributed by atoms with van der Waals surface area (Å²) in [7, 11) is 1.56. The molecule has 0 unspecified atom stereocenters. The summed E-state index contributed by atoms with van der Waals surface area (Å²) in [6.45, 7) is 2.59. The molecule has 1 amide bonds. The van der Waals surface area contributed by atoms with Crippen LogP contribution in [0, 0.1) is 0 Å². The van der Waals surface area contributed by atoms with Crippen molar-refractivity contribution in [2.75, 3.05) is 26.8 Å². The zero-order chi connectivity index (χ0) is 11.0. The first-order valence-electron chi connectivity index (χ1n) is 4.29. The Labute approximate surface area is 82.6 Å². The van der Waals surface area contributed by atoms with Crippen LogP contribution in [-0.4, -0.2) is 49.8 Å². The fraction of sp³-hybridized carbons (Fsp3) is 0.750. The summed E-state index contributed by atoms with van der Waals surface area (Å²) >= 11 is 0. The van der Waals surface area contributed by atoms with Crippen molar-refractivity contribution in [3.8, 4) is 0 Å². The van der Waals surface area contributed by atoms with E-state index < -0.39 is 12.0 Å². The van der Waals surface area contributed by atoms with Crippen molar-refractivity contribution in [2.24, 2.45) is 0 Å². The fourth-order valence-electron chi connectivity index (χ4n) is 0.730. The standard InChI is InChI=1S/C8H16N2O4/c1-6(8(12)13)10-7(11)5-9-3-4-14-2/h6,9H,3-5H2,1-2H3,(H,10,11)(H,12,13)/t6-/m0/s1. The van der Waals surface area contributed by atoms with Gasteiger partial charge in [-0.15, -0.1) is 0 Å². The average molecular weight is 204 g/mol. The highest BCUT2D eigenvalue weighted by Crippen LogP contribution is 1.80. The van der Waals surface area contributed by atoms with Crippen molar-refractivity contribution in [1.29, 1.82) is 0 Å². The highest BCUT2D eigenvalue weighted by molar-refractivity contribution is 5.84. The molecule has 0 heterocycles. The molecule has 0 fully saturated rings. The molecule has 14 heavy (non-hydrogen) atoms. The maximum absolute atomic E-state index is 11.0. The van der Waals surface area contributed by atoms with E-state index in [0.29, 0.717) is 13.2 Å². The van der Waals surface area contributed by atoms with E-state index >= 15 is 0 Å². The molecule has 0 rings (SSSR count). The maximum Gasteiger partial charge on any atom is 0.325 e. The molecule has 0 spiro atoms. The van der Waals surface area contributed by atoms with E-state index in [1.165, 1.54) is 6.92 Å². The van der Waals surface area contributed by atoms with Gasteiger partial charge in [-0.3, -0.25) is 9.59 Å². The van der Waals surface area contributed by atoms with Gasteiger partial charge in [0, 0.05) is 13.7 Å². The number of ether oxygens (including phenoxy) is 1. The van der Waals surface area contributed by atoms with E-state index in [0.717, 1.165) is 0 Å². The molecule has 0 aliphatic rings. The monoisotopic (exact) mass is 204 g/mol. The number of methoxy groups -OCH3 is 1. The average Bonchev–Trinajstić information content (AvgIpc) is 2.12. The lowest BCUT2D eigenvalue weighted by Gasteiger charge is -2.09. The Morgan fingerprint density at radius 3 is 2.64 bits per heavy atom. The second-order valence-electron chi connectivity index (χ2n) is 2.80. The normalized spacial score (nSPS) is 12.1. The van der Waals surface area contributed by atoms with E-state index in [2.05, 4.69) is 10.6 Å². The smallest absolute Gasteiger partial charge is 0.325 e. The van der Waals surface area contributed by atoms with Gasteiger partial charge in [0.05, 0.1) is 13.2 Å². The summed E-state index contributed by atoms with van der Waals surface area (Å²) in [5, 5.41) is 13.6. The van der Waals surface area contributed by atoms with Crippen molar-refractivity contribution in [3.05, 3.63) is 0 Å². The summed E-state index contributed by atoms with van der Waals surface area (Å²) in [6, 6.07) is -0.855. The topological polar surface area (TPSA) is 87.7 Å². The molecule has 0 aromatic heterocycles. The van der Waals surface area contributed by atoms with Crippen LogP contribution in [0.5, 0.6) is 0 Å². The number of carboxylic acids is 1. The largest absolute Gasteiger partial charge is 0.480 e. The van der Waals surface area contributed by atoms with Gasteiger partial charge in [-0.2, -0.15) is 0 Å². The lowest BCUT2D eigenvalue weighted by Crippen LogP contribution is -2.43. The second kappa shape index (κ2) is 7.28. The third-order valence-electron chi connectivity index (χ3n) is 1.52. The first kappa shape index (κ1) is 12.9. The molecule has 0 aromatic rings. The predicted molar refractivity (Wildman–Crippen MR) is 50.0 cm³/mol. The highest BCUT2D eigenvalue weighted by atomic mass is 16.5. The van der Waals surface area contributed by atoms with Crippen LogP contribution in [0.1, 0.15) is 6.92 Å². The van der Waals surface area contributed by atoms with Gasteiger partial charge in [-0.25, -0.2) is 0 Å². The van der Waals surface area contributed by atoms with Crippen molar-refractivity contribution in [1.82, 2.24) is 10.6 Å². The number of hydrogen-bond acceptors (Lipinski definition) is 4. The second-order valence-corrected chi connectivity index (χ2v) is 2.80. The number of hydrogen-bond donors (Lipinski definition) is 3. The zero-order valence-corrected chi connectivity index (χ0v) is 8.37. The van der Waals surface area contributed by atoms with Gasteiger partial charge < -0.3 is 20.5 Å². The van der Waals surface area contributed by atoms with Gasteiger partial charge in [0.1, 0.15) is 6.04 Å². The van der Waals surface area contributed by atoms with E-state index in [9.17, 15) is 9.59 Å². The molecule has 0 saturated heterocycles. The number of aliphatic carboxylic acids is 1. The number of nitrogens with one attached hydrogen (secondary N) is 2. The molecule has 0 aliphatic heterocycles. The molecule has 6 nitrogen and oxygen atoms in total. The van der Waals surface area contributed by atoms with Crippen molar-refractivity contribution >= 4 is 11.9 Å². The summed E-state index contributed by atoms with van der Waals surface area (Å²) in [4.78, 5) is 21.4. The number of carboxylic acid groups (broad SMARTS) is 1. The first-order chi connectivity index (χ1) is 6.57. The number of rotatable bonds is 7. The van der Waals surface area contributed by atoms with Gasteiger partial charge in [-0.1, -0.05) is 0 Å². The molecule has 6 heteroatoms. The Hall–Kier alpha value is -1.14. The minimum atomic E-state index is -1.05. The lowest BCUT2D eigenvalue weighted by molar-refractivity contribution is -0.141. The molecule has 1 atom stereocenters. The third kappa shape index (κ3) is 6.38. The summed E-state index contributed by atoms with van der Waals surface area (Å²) < 4.78 is 4.75. The van der Waals surface area contributed by atoms with Crippen LogP contribution in [0.4, 0.5) is 0 Å². The maximum atomic E-state index is 11.0. The number of carbonyl (C=O) groups is 2. The minimum Gasteiger partial charge on any atom is -0.480 e. The van der Waals surface area contributed by atoms with Crippen LogP contribution >= 0.6 is 0 Å². The molecule has 3 N–H and O–H groups in total.